The molecule has 7 nitrogen and oxygen atoms in total. The van der Waals surface area contributed by atoms with Gasteiger partial charge in [0.1, 0.15) is 12.4 Å². The minimum atomic E-state index is -0.459. The summed E-state index contributed by atoms with van der Waals surface area (Å²) in [5, 5.41) is 11.1. The molecule has 1 aliphatic heterocycles. The number of nitro groups is 1. The average molecular weight is 309 g/mol. The van der Waals surface area contributed by atoms with Crippen molar-refractivity contribution in [1.29, 1.82) is 0 Å². The maximum Gasteiger partial charge on any atom is 0.314 e. The summed E-state index contributed by atoms with van der Waals surface area (Å²) in [5.41, 5.74) is 5.88. The Morgan fingerprint density at radius 2 is 2.27 bits per heavy atom. The largest absolute Gasteiger partial charge is 0.496 e. The van der Waals surface area contributed by atoms with Crippen LogP contribution in [0.4, 0.5) is 5.69 Å². The summed E-state index contributed by atoms with van der Waals surface area (Å²) in [5.74, 6) is 0.712. The third kappa shape index (κ3) is 3.86. The van der Waals surface area contributed by atoms with Crippen molar-refractivity contribution >= 4 is 5.69 Å². The second-order valence-corrected chi connectivity index (χ2v) is 5.98. The van der Waals surface area contributed by atoms with Gasteiger partial charge in [-0.1, -0.05) is 6.92 Å². The predicted molar refractivity (Wildman–Crippen MR) is 83.4 cm³/mol. The molecule has 1 aliphatic rings. The first-order valence-corrected chi connectivity index (χ1v) is 7.35. The van der Waals surface area contributed by atoms with Crippen LogP contribution in [0.1, 0.15) is 13.3 Å². The van der Waals surface area contributed by atoms with E-state index >= 15 is 0 Å². The zero-order chi connectivity index (χ0) is 16.2. The Hall–Kier alpha value is -1.86. The highest BCUT2D eigenvalue weighted by Crippen LogP contribution is 2.31. The van der Waals surface area contributed by atoms with E-state index in [0.717, 1.165) is 26.1 Å². The molecule has 22 heavy (non-hydrogen) atoms. The second-order valence-electron chi connectivity index (χ2n) is 5.98. The van der Waals surface area contributed by atoms with Gasteiger partial charge in [-0.3, -0.25) is 15.0 Å². The predicted octanol–water partition coefficient (Wildman–Crippen LogP) is 1.65. The topological polar surface area (TPSA) is 90.9 Å². The molecule has 1 aromatic carbocycles. The van der Waals surface area contributed by atoms with E-state index < -0.39 is 4.92 Å². The summed E-state index contributed by atoms with van der Waals surface area (Å²) in [4.78, 5) is 12.9. The van der Waals surface area contributed by atoms with Crippen LogP contribution < -0.4 is 15.2 Å². The monoisotopic (exact) mass is 309 g/mol. The van der Waals surface area contributed by atoms with Crippen LogP contribution in [0.25, 0.3) is 0 Å². The van der Waals surface area contributed by atoms with E-state index in [1.54, 1.807) is 12.1 Å². The Kier molecular flexibility index (Phi) is 5.20. The fourth-order valence-corrected chi connectivity index (χ4v) is 2.66. The number of rotatable bonds is 7. The maximum absolute atomic E-state index is 11.1. The van der Waals surface area contributed by atoms with Crippen molar-refractivity contribution in [2.45, 2.75) is 13.3 Å². The second kappa shape index (κ2) is 6.93. The Morgan fingerprint density at radius 1 is 1.50 bits per heavy atom. The van der Waals surface area contributed by atoms with E-state index in [-0.39, 0.29) is 16.9 Å². The fourth-order valence-electron chi connectivity index (χ4n) is 2.66. The van der Waals surface area contributed by atoms with Crippen LogP contribution in [0.3, 0.4) is 0 Å². The van der Waals surface area contributed by atoms with Crippen LogP contribution in [0.2, 0.25) is 0 Å². The molecule has 0 amide bonds. The van der Waals surface area contributed by atoms with Gasteiger partial charge in [-0.25, -0.2) is 0 Å². The van der Waals surface area contributed by atoms with Crippen LogP contribution in [-0.4, -0.2) is 49.7 Å². The quantitative estimate of drug-likeness (QED) is 0.608. The molecule has 1 unspecified atom stereocenters. The first-order chi connectivity index (χ1) is 10.5. The minimum absolute atomic E-state index is 0.0763. The molecule has 1 fully saturated rings. The molecular weight excluding hydrogens is 286 g/mol. The van der Waals surface area contributed by atoms with Gasteiger partial charge in [0.25, 0.3) is 0 Å². The molecule has 0 bridgehead atoms. The highest BCUT2D eigenvalue weighted by Gasteiger charge is 2.32. The summed E-state index contributed by atoms with van der Waals surface area (Å²) in [6.45, 7) is 5.93. The smallest absolute Gasteiger partial charge is 0.314 e. The van der Waals surface area contributed by atoms with Gasteiger partial charge < -0.3 is 15.2 Å². The molecule has 0 radical (unpaired) electrons. The lowest BCUT2D eigenvalue weighted by Gasteiger charge is -2.22. The number of hydrogen-bond donors (Lipinski definition) is 1. The molecule has 1 atom stereocenters. The van der Waals surface area contributed by atoms with Crippen LogP contribution in [0, 0.1) is 15.5 Å². The van der Waals surface area contributed by atoms with Crippen molar-refractivity contribution in [3.05, 3.63) is 28.3 Å². The highest BCUT2D eigenvalue weighted by atomic mass is 16.6. The average Bonchev–Trinajstić information content (AvgIpc) is 2.89. The SMILES string of the molecule is COc1ccc(OCCN2CCC(C)(CN)C2)c([N+](=O)[O-])c1. The van der Waals surface area contributed by atoms with Crippen molar-refractivity contribution in [2.75, 3.05) is 39.9 Å². The number of ether oxygens (including phenoxy) is 2. The zero-order valence-corrected chi connectivity index (χ0v) is 13.1. The maximum atomic E-state index is 11.1. The summed E-state index contributed by atoms with van der Waals surface area (Å²) in [7, 11) is 1.47. The standard InChI is InChI=1S/C15H23N3O4/c1-15(10-16)5-6-17(11-15)7-8-22-14-4-3-12(21-2)9-13(14)18(19)20/h3-4,9H,5-8,10-11,16H2,1-2H3. The molecular formula is C15H23N3O4. The molecule has 1 aromatic rings. The van der Waals surface area contributed by atoms with E-state index in [1.807, 2.05) is 0 Å². The number of methoxy groups -OCH3 is 1. The van der Waals surface area contributed by atoms with Crippen LogP contribution in [-0.2, 0) is 0 Å². The van der Waals surface area contributed by atoms with Gasteiger partial charge in [-0.05, 0) is 37.1 Å². The van der Waals surface area contributed by atoms with Crippen LogP contribution in [0.15, 0.2) is 18.2 Å². The normalized spacial score (nSPS) is 21.8. The summed E-state index contributed by atoms with van der Waals surface area (Å²) in [6.07, 6.45) is 1.08. The third-order valence-electron chi connectivity index (χ3n) is 4.16. The molecule has 1 saturated heterocycles. The van der Waals surface area contributed by atoms with E-state index in [0.29, 0.717) is 18.9 Å². The van der Waals surface area contributed by atoms with Crippen LogP contribution in [0.5, 0.6) is 11.5 Å². The van der Waals surface area contributed by atoms with Gasteiger partial charge in [-0.15, -0.1) is 0 Å². The first-order valence-electron chi connectivity index (χ1n) is 7.35. The highest BCUT2D eigenvalue weighted by molar-refractivity contribution is 5.50. The number of nitro benzene ring substituents is 1. The molecule has 0 aromatic heterocycles. The minimum Gasteiger partial charge on any atom is -0.496 e. The third-order valence-corrected chi connectivity index (χ3v) is 4.16. The molecule has 0 spiro atoms. The molecule has 1 heterocycles. The lowest BCUT2D eigenvalue weighted by Crippen LogP contribution is -2.33. The summed E-state index contributed by atoms with van der Waals surface area (Å²) in [6, 6.07) is 4.60. The van der Waals surface area contributed by atoms with E-state index in [2.05, 4.69) is 11.8 Å². The van der Waals surface area contributed by atoms with Gasteiger partial charge in [0.15, 0.2) is 5.75 Å². The number of benzene rings is 1. The number of nitrogens with two attached hydrogens (primary N) is 1. The van der Waals surface area contributed by atoms with Crippen molar-refractivity contribution in [3.63, 3.8) is 0 Å². The van der Waals surface area contributed by atoms with Gasteiger partial charge in [0.2, 0.25) is 0 Å². The molecule has 0 aliphatic carbocycles. The van der Waals surface area contributed by atoms with E-state index in [1.165, 1.54) is 13.2 Å². The van der Waals surface area contributed by atoms with Crippen molar-refractivity contribution in [2.24, 2.45) is 11.1 Å². The van der Waals surface area contributed by atoms with Crippen molar-refractivity contribution in [3.8, 4) is 11.5 Å². The van der Waals surface area contributed by atoms with Gasteiger partial charge in [0, 0.05) is 13.1 Å². The Bertz CT molecular complexity index is 538. The molecule has 7 heteroatoms. The lowest BCUT2D eigenvalue weighted by atomic mass is 9.90. The molecule has 2 rings (SSSR count). The lowest BCUT2D eigenvalue weighted by molar-refractivity contribution is -0.385. The Balaban J connectivity index is 1.91. The van der Waals surface area contributed by atoms with E-state index in [4.69, 9.17) is 15.2 Å². The number of nitrogens with zero attached hydrogens (tertiary/aromatic N) is 2. The number of hydrogen-bond acceptors (Lipinski definition) is 6. The van der Waals surface area contributed by atoms with Crippen LogP contribution >= 0.6 is 0 Å². The van der Waals surface area contributed by atoms with E-state index in [9.17, 15) is 10.1 Å². The van der Waals surface area contributed by atoms with Crippen molar-refractivity contribution < 1.29 is 14.4 Å². The first kappa shape index (κ1) is 16.5. The molecule has 0 saturated carbocycles. The fraction of sp³-hybridized carbons (Fsp3) is 0.600. The van der Waals surface area contributed by atoms with Crippen molar-refractivity contribution in [1.82, 2.24) is 4.90 Å². The Morgan fingerprint density at radius 3 is 2.86 bits per heavy atom. The Labute approximate surface area is 130 Å². The molecule has 2 N–H and O–H groups in total. The van der Waals surface area contributed by atoms with Gasteiger partial charge in [-0.2, -0.15) is 0 Å². The van der Waals surface area contributed by atoms with Gasteiger partial charge in [0.05, 0.1) is 18.1 Å². The number of likely N-dealkylation sites (tertiary alicyclic amines) is 1. The summed E-state index contributed by atoms with van der Waals surface area (Å²) < 4.78 is 10.6. The summed E-state index contributed by atoms with van der Waals surface area (Å²) >= 11 is 0. The van der Waals surface area contributed by atoms with Gasteiger partial charge >= 0.3 is 5.69 Å². The zero-order valence-electron chi connectivity index (χ0n) is 13.1. The molecule has 122 valence electrons.